The van der Waals surface area contributed by atoms with Crippen molar-refractivity contribution in [2.45, 2.75) is 38.9 Å². The van der Waals surface area contributed by atoms with E-state index in [-0.39, 0.29) is 16.7 Å². The molecule has 2 saturated carbocycles. The fourth-order valence-electron chi connectivity index (χ4n) is 4.00. The molecule has 106 valence electrons. The molecule has 2 bridgehead atoms. The second-order valence-electron chi connectivity index (χ2n) is 6.94. The van der Waals surface area contributed by atoms with Gasteiger partial charge in [0, 0.05) is 22.2 Å². The lowest BCUT2D eigenvalue weighted by Crippen LogP contribution is -2.27. The molecule has 0 saturated heterocycles. The van der Waals surface area contributed by atoms with Crippen molar-refractivity contribution in [1.29, 1.82) is 0 Å². The van der Waals surface area contributed by atoms with Crippen LogP contribution in [-0.4, -0.2) is 5.78 Å². The van der Waals surface area contributed by atoms with Gasteiger partial charge in [0.2, 0.25) is 0 Å². The zero-order valence-corrected chi connectivity index (χ0v) is 14.0. The van der Waals surface area contributed by atoms with Gasteiger partial charge in [-0.3, -0.25) is 4.79 Å². The number of Topliss-reactive ketones (excluding diaryl/α,β-unsaturated/α-hetero) is 1. The summed E-state index contributed by atoms with van der Waals surface area (Å²) >= 11 is 3.46. The molecular weight excluding hydrogens is 312 g/mol. The Balaban J connectivity index is 2.01. The van der Waals surface area contributed by atoms with E-state index in [1.165, 1.54) is 5.56 Å². The Kier molecular flexibility index (Phi) is 3.20. The Morgan fingerprint density at radius 2 is 1.90 bits per heavy atom. The van der Waals surface area contributed by atoms with Crippen molar-refractivity contribution < 1.29 is 4.79 Å². The lowest BCUT2D eigenvalue weighted by atomic mass is 9.69. The summed E-state index contributed by atoms with van der Waals surface area (Å²) in [7, 11) is 0. The summed E-state index contributed by atoms with van der Waals surface area (Å²) in [6.07, 6.45) is 4.32. The maximum Gasteiger partial charge on any atom is 0.163 e. The molecule has 2 fully saturated rings. The van der Waals surface area contributed by atoms with Gasteiger partial charge in [0.05, 0.1) is 0 Å². The normalized spacial score (nSPS) is 33.1. The van der Waals surface area contributed by atoms with Crippen molar-refractivity contribution >= 4 is 27.8 Å². The van der Waals surface area contributed by atoms with E-state index < -0.39 is 0 Å². The number of fused-ring (bicyclic) bond motifs is 2. The highest BCUT2D eigenvalue weighted by Gasteiger charge is 2.63. The molecule has 3 rings (SSSR count). The molecule has 0 amide bonds. The van der Waals surface area contributed by atoms with Gasteiger partial charge in [-0.15, -0.1) is 0 Å². The lowest BCUT2D eigenvalue weighted by molar-refractivity contribution is -0.119. The van der Waals surface area contributed by atoms with Crippen LogP contribution in [-0.2, 0) is 10.1 Å². The quantitative estimate of drug-likeness (QED) is 0.550. The van der Waals surface area contributed by atoms with E-state index in [0.717, 1.165) is 29.3 Å². The van der Waals surface area contributed by atoms with Crippen LogP contribution in [0.25, 0.3) is 6.08 Å². The van der Waals surface area contributed by atoms with Gasteiger partial charge in [0.1, 0.15) is 0 Å². The molecule has 0 heterocycles. The fraction of sp³-hybridized carbons (Fsp3) is 0.500. The largest absolute Gasteiger partial charge is 0.294 e. The number of carbonyl (C=O) groups is 1. The van der Waals surface area contributed by atoms with Crippen LogP contribution in [0.2, 0.25) is 0 Å². The third-order valence-corrected chi connectivity index (χ3v) is 6.50. The molecule has 0 aliphatic heterocycles. The maximum atomic E-state index is 12.6. The first-order valence-electron chi connectivity index (χ1n) is 7.31. The molecular formula is C18H21BrO. The number of hydrogen-bond donors (Lipinski definition) is 0. The highest BCUT2D eigenvalue weighted by Crippen LogP contribution is 2.66. The van der Waals surface area contributed by atoms with Crippen molar-refractivity contribution in [3.05, 3.63) is 41.0 Å². The molecule has 20 heavy (non-hydrogen) atoms. The summed E-state index contributed by atoms with van der Waals surface area (Å²) in [6.45, 7) is 6.80. The minimum Gasteiger partial charge on any atom is -0.294 e. The van der Waals surface area contributed by atoms with Crippen molar-refractivity contribution in [2.24, 2.45) is 16.7 Å². The maximum absolute atomic E-state index is 12.6. The molecule has 1 aromatic carbocycles. The van der Waals surface area contributed by atoms with Crippen LogP contribution in [0, 0.1) is 16.7 Å². The number of ketones is 1. The molecule has 0 aromatic heterocycles. The first-order chi connectivity index (χ1) is 9.40. The summed E-state index contributed by atoms with van der Waals surface area (Å²) in [5, 5.41) is 0.871. The van der Waals surface area contributed by atoms with Crippen molar-refractivity contribution in [1.82, 2.24) is 0 Å². The Morgan fingerprint density at radius 1 is 1.25 bits per heavy atom. The standard InChI is InChI=1S/C18H21BrO/c1-17(2)14-8-9-18(17,3)15(16(14)20)10-12-4-6-13(11-19)7-5-12/h4-7,10,14H,8-9,11H2,1-3H3. The minimum absolute atomic E-state index is 0.0445. The number of carbonyl (C=O) groups excluding carboxylic acids is 1. The number of halogens is 1. The zero-order chi connectivity index (χ0) is 14.5. The molecule has 0 N–H and O–H groups in total. The van der Waals surface area contributed by atoms with E-state index in [9.17, 15) is 4.79 Å². The zero-order valence-electron chi connectivity index (χ0n) is 12.4. The van der Waals surface area contributed by atoms with Gasteiger partial charge in [-0.2, -0.15) is 0 Å². The van der Waals surface area contributed by atoms with E-state index in [2.05, 4.69) is 67.0 Å². The average Bonchev–Trinajstić information content (AvgIpc) is 2.73. The van der Waals surface area contributed by atoms with Gasteiger partial charge in [0.15, 0.2) is 5.78 Å². The molecule has 1 nitrogen and oxygen atoms in total. The van der Waals surface area contributed by atoms with Crippen LogP contribution in [0.1, 0.15) is 44.7 Å². The van der Waals surface area contributed by atoms with E-state index in [1.54, 1.807) is 0 Å². The smallest absolute Gasteiger partial charge is 0.163 e. The second kappa shape index (κ2) is 4.56. The molecule has 2 heteroatoms. The predicted molar refractivity (Wildman–Crippen MR) is 86.7 cm³/mol. The van der Waals surface area contributed by atoms with Crippen LogP contribution in [0.5, 0.6) is 0 Å². The summed E-state index contributed by atoms with van der Waals surface area (Å²) in [6, 6.07) is 8.46. The van der Waals surface area contributed by atoms with Gasteiger partial charge >= 0.3 is 0 Å². The van der Waals surface area contributed by atoms with E-state index in [1.807, 2.05) is 0 Å². The van der Waals surface area contributed by atoms with Gasteiger partial charge in [-0.05, 0) is 35.5 Å². The Hall–Kier alpha value is -0.890. The van der Waals surface area contributed by atoms with Crippen LogP contribution < -0.4 is 0 Å². The number of hydrogen-bond acceptors (Lipinski definition) is 1. The number of allylic oxidation sites excluding steroid dienone is 1. The van der Waals surface area contributed by atoms with Gasteiger partial charge in [0.25, 0.3) is 0 Å². The van der Waals surface area contributed by atoms with Gasteiger partial charge < -0.3 is 0 Å². The van der Waals surface area contributed by atoms with E-state index in [0.29, 0.717) is 5.78 Å². The first-order valence-corrected chi connectivity index (χ1v) is 8.43. The number of benzene rings is 1. The highest BCUT2D eigenvalue weighted by atomic mass is 79.9. The molecule has 0 radical (unpaired) electrons. The lowest BCUT2D eigenvalue weighted by Gasteiger charge is -2.34. The number of rotatable bonds is 2. The Bertz CT molecular complexity index is 582. The molecule has 2 unspecified atom stereocenters. The molecule has 2 atom stereocenters. The molecule has 2 aliphatic carbocycles. The monoisotopic (exact) mass is 332 g/mol. The van der Waals surface area contributed by atoms with Gasteiger partial charge in [-0.25, -0.2) is 0 Å². The van der Waals surface area contributed by atoms with Crippen LogP contribution >= 0.6 is 15.9 Å². The van der Waals surface area contributed by atoms with E-state index >= 15 is 0 Å². The van der Waals surface area contributed by atoms with Crippen molar-refractivity contribution in [3.8, 4) is 0 Å². The average molecular weight is 333 g/mol. The summed E-state index contributed by atoms with van der Waals surface area (Å²) in [5.74, 6) is 0.605. The predicted octanol–water partition coefficient (Wildman–Crippen LogP) is 4.99. The third kappa shape index (κ3) is 1.77. The van der Waals surface area contributed by atoms with Gasteiger partial charge in [-0.1, -0.05) is 61.0 Å². The summed E-state index contributed by atoms with van der Waals surface area (Å²) in [4.78, 5) is 12.6. The Labute approximate surface area is 129 Å². The highest BCUT2D eigenvalue weighted by molar-refractivity contribution is 9.08. The van der Waals surface area contributed by atoms with Crippen molar-refractivity contribution in [2.75, 3.05) is 0 Å². The van der Waals surface area contributed by atoms with Crippen molar-refractivity contribution in [3.63, 3.8) is 0 Å². The summed E-state index contributed by atoms with van der Waals surface area (Å²) in [5.41, 5.74) is 3.60. The molecule has 1 aromatic rings. The third-order valence-electron chi connectivity index (χ3n) is 5.85. The second-order valence-corrected chi connectivity index (χ2v) is 7.50. The fourth-order valence-corrected chi connectivity index (χ4v) is 4.37. The topological polar surface area (TPSA) is 17.1 Å². The van der Waals surface area contributed by atoms with E-state index in [4.69, 9.17) is 0 Å². The molecule has 2 aliphatic rings. The molecule has 0 spiro atoms. The van der Waals surface area contributed by atoms with Crippen LogP contribution in [0.4, 0.5) is 0 Å². The first kappa shape index (κ1) is 14.1. The minimum atomic E-state index is 0.0445. The SMILES string of the molecule is CC12CCC(C(=O)C1=Cc1ccc(CBr)cc1)C2(C)C. The van der Waals surface area contributed by atoms with Crippen LogP contribution in [0.15, 0.2) is 29.8 Å². The summed E-state index contributed by atoms with van der Waals surface area (Å²) < 4.78 is 0. The Morgan fingerprint density at radius 3 is 2.40 bits per heavy atom. The number of alkyl halides is 1. The van der Waals surface area contributed by atoms with Crippen LogP contribution in [0.3, 0.4) is 0 Å².